The van der Waals surface area contributed by atoms with Crippen LogP contribution in [-0.4, -0.2) is 47.4 Å². The summed E-state index contributed by atoms with van der Waals surface area (Å²) in [5, 5.41) is 12.6. The van der Waals surface area contributed by atoms with Crippen molar-refractivity contribution in [2.75, 3.05) is 7.05 Å². The van der Waals surface area contributed by atoms with E-state index in [1.54, 1.807) is 20.8 Å². The molecule has 0 radical (unpaired) electrons. The van der Waals surface area contributed by atoms with Crippen LogP contribution in [0.4, 0.5) is 17.6 Å². The normalized spacial score (nSPS) is 20.2. The van der Waals surface area contributed by atoms with Crippen molar-refractivity contribution in [3.05, 3.63) is 23.7 Å². The summed E-state index contributed by atoms with van der Waals surface area (Å²) in [4.78, 5) is 24.3. The molecule has 6 nitrogen and oxygen atoms in total. The molecule has 2 unspecified atom stereocenters. The van der Waals surface area contributed by atoms with Crippen molar-refractivity contribution in [2.24, 2.45) is 5.41 Å². The molecule has 136 valence electrons. The van der Waals surface area contributed by atoms with Gasteiger partial charge in [0.2, 0.25) is 0 Å². The second-order valence-electron chi connectivity index (χ2n) is 6.36. The first-order valence-electron chi connectivity index (χ1n) is 6.93. The summed E-state index contributed by atoms with van der Waals surface area (Å²) in [7, 11) is 1.09. The van der Waals surface area contributed by atoms with E-state index in [9.17, 15) is 32.3 Å². The van der Waals surface area contributed by atoms with Crippen molar-refractivity contribution in [3.8, 4) is 0 Å². The van der Waals surface area contributed by atoms with E-state index in [1.807, 2.05) is 0 Å². The summed E-state index contributed by atoms with van der Waals surface area (Å²) in [5.74, 6) is -3.51. The van der Waals surface area contributed by atoms with Crippen LogP contribution in [0, 0.1) is 5.41 Å². The number of halogens is 4. The third-order valence-corrected chi connectivity index (χ3v) is 3.34. The summed E-state index contributed by atoms with van der Waals surface area (Å²) in [5.41, 5.74) is -1.57. The molecule has 0 aromatic heterocycles. The summed E-state index contributed by atoms with van der Waals surface area (Å²) in [6.07, 6.45) is -4.61. The van der Waals surface area contributed by atoms with Gasteiger partial charge in [-0.3, -0.25) is 4.79 Å². The lowest BCUT2D eigenvalue weighted by atomic mass is 9.86. The van der Waals surface area contributed by atoms with Crippen LogP contribution in [0.15, 0.2) is 23.7 Å². The van der Waals surface area contributed by atoms with E-state index in [-0.39, 0.29) is 0 Å². The molecule has 24 heavy (non-hydrogen) atoms. The summed E-state index contributed by atoms with van der Waals surface area (Å²) in [6.45, 7) is 4.65. The number of allylic oxidation sites excluding steroid dienone is 2. The predicted octanol–water partition coefficient (Wildman–Crippen LogP) is 1.72. The zero-order valence-corrected chi connectivity index (χ0v) is 13.5. The lowest BCUT2D eigenvalue weighted by Crippen LogP contribution is -2.54. The molecule has 1 heterocycles. The molecule has 0 aromatic carbocycles. The number of aliphatic carboxylic acids is 1. The standard InChI is InChI=1S/C14H19F4N3O3/c1-13(2,3)10(12(23)24)19-11(22)9-7(15)5-6-8(21(9)4)20-14(16,17)18/h5-6,8,10,20H,1-4H3,(H,19,22)(H,23,24). The van der Waals surface area contributed by atoms with Gasteiger partial charge in [-0.1, -0.05) is 20.8 Å². The molecule has 3 N–H and O–H groups in total. The van der Waals surface area contributed by atoms with Gasteiger partial charge in [0.25, 0.3) is 5.91 Å². The molecule has 0 spiro atoms. The highest BCUT2D eigenvalue weighted by atomic mass is 19.4. The Morgan fingerprint density at radius 2 is 1.83 bits per heavy atom. The van der Waals surface area contributed by atoms with Crippen LogP contribution in [0.3, 0.4) is 0 Å². The number of hydrogen-bond acceptors (Lipinski definition) is 4. The number of alkyl halides is 3. The summed E-state index contributed by atoms with van der Waals surface area (Å²) in [6, 6.07) is -1.35. The number of nitrogens with zero attached hydrogens (tertiary/aromatic N) is 1. The van der Waals surface area contributed by atoms with Gasteiger partial charge in [-0.05, 0) is 17.6 Å². The molecule has 0 aliphatic carbocycles. The molecule has 0 aromatic rings. The highest BCUT2D eigenvalue weighted by Gasteiger charge is 2.38. The van der Waals surface area contributed by atoms with Gasteiger partial charge in [0.1, 0.15) is 17.9 Å². The Morgan fingerprint density at radius 3 is 2.25 bits per heavy atom. The Bertz CT molecular complexity index is 579. The van der Waals surface area contributed by atoms with Crippen LogP contribution < -0.4 is 10.6 Å². The molecule has 1 aliphatic heterocycles. The van der Waals surface area contributed by atoms with E-state index in [1.165, 1.54) is 5.32 Å². The van der Waals surface area contributed by atoms with E-state index in [0.29, 0.717) is 0 Å². The zero-order valence-electron chi connectivity index (χ0n) is 13.5. The quantitative estimate of drug-likeness (QED) is 0.530. The number of amides is 1. The molecule has 0 saturated heterocycles. The Morgan fingerprint density at radius 1 is 1.29 bits per heavy atom. The molecular weight excluding hydrogens is 334 g/mol. The van der Waals surface area contributed by atoms with Crippen LogP contribution in [0.1, 0.15) is 20.8 Å². The fourth-order valence-corrected chi connectivity index (χ4v) is 2.12. The van der Waals surface area contributed by atoms with E-state index in [2.05, 4.69) is 5.32 Å². The van der Waals surface area contributed by atoms with Gasteiger partial charge in [-0.25, -0.2) is 14.5 Å². The van der Waals surface area contributed by atoms with Crippen LogP contribution in [-0.2, 0) is 9.59 Å². The van der Waals surface area contributed by atoms with Gasteiger partial charge in [-0.2, -0.15) is 13.2 Å². The average molecular weight is 353 g/mol. The number of carboxylic acids is 1. The fourth-order valence-electron chi connectivity index (χ4n) is 2.12. The molecule has 1 rings (SSSR count). The Labute approximate surface area is 136 Å². The van der Waals surface area contributed by atoms with Gasteiger partial charge in [0, 0.05) is 7.05 Å². The van der Waals surface area contributed by atoms with Crippen LogP contribution in [0.5, 0.6) is 0 Å². The van der Waals surface area contributed by atoms with Gasteiger partial charge in [-0.15, -0.1) is 0 Å². The predicted molar refractivity (Wildman–Crippen MR) is 77.0 cm³/mol. The van der Waals surface area contributed by atoms with Crippen molar-refractivity contribution in [2.45, 2.75) is 39.3 Å². The first-order chi connectivity index (χ1) is 10.7. The largest absolute Gasteiger partial charge is 0.480 e. The first kappa shape index (κ1) is 19.9. The summed E-state index contributed by atoms with van der Waals surface area (Å²) < 4.78 is 51.3. The van der Waals surface area contributed by atoms with Crippen molar-refractivity contribution in [1.82, 2.24) is 15.5 Å². The van der Waals surface area contributed by atoms with Gasteiger partial charge in [0.05, 0.1) is 0 Å². The van der Waals surface area contributed by atoms with Gasteiger partial charge < -0.3 is 15.3 Å². The Hall–Kier alpha value is -2.10. The third-order valence-electron chi connectivity index (χ3n) is 3.34. The Kier molecular flexibility index (Phi) is 5.65. The molecule has 10 heteroatoms. The van der Waals surface area contributed by atoms with E-state index in [4.69, 9.17) is 0 Å². The van der Waals surface area contributed by atoms with Crippen LogP contribution >= 0.6 is 0 Å². The van der Waals surface area contributed by atoms with E-state index >= 15 is 0 Å². The molecular formula is C14H19F4N3O3. The second-order valence-corrected chi connectivity index (χ2v) is 6.36. The number of carbonyl (C=O) groups is 2. The van der Waals surface area contributed by atoms with E-state index in [0.717, 1.165) is 24.1 Å². The SMILES string of the molecule is CN1C(C(=O)NC(C(=O)O)C(C)(C)C)=C(F)C=CC1NC(F)(F)F. The minimum Gasteiger partial charge on any atom is -0.480 e. The average Bonchev–Trinajstić information content (AvgIpc) is 2.36. The molecule has 1 aliphatic rings. The van der Waals surface area contributed by atoms with Crippen molar-refractivity contribution < 1.29 is 32.3 Å². The molecule has 1 amide bonds. The lowest BCUT2D eigenvalue weighted by Gasteiger charge is -2.34. The second kappa shape index (κ2) is 6.80. The number of likely N-dealkylation sites (N-methyl/N-ethyl adjacent to an activating group) is 1. The van der Waals surface area contributed by atoms with Crippen molar-refractivity contribution in [3.63, 3.8) is 0 Å². The minimum atomic E-state index is -4.74. The molecule has 0 bridgehead atoms. The molecule has 0 fully saturated rings. The highest BCUT2D eigenvalue weighted by Crippen LogP contribution is 2.25. The highest BCUT2D eigenvalue weighted by molar-refractivity contribution is 5.96. The molecule has 0 saturated carbocycles. The maximum atomic E-state index is 13.9. The van der Waals surface area contributed by atoms with Crippen LogP contribution in [0.25, 0.3) is 0 Å². The van der Waals surface area contributed by atoms with Crippen molar-refractivity contribution in [1.29, 1.82) is 0 Å². The third kappa shape index (κ3) is 4.95. The maximum absolute atomic E-state index is 13.9. The number of hydrogen-bond donors (Lipinski definition) is 3. The smallest absolute Gasteiger partial charge is 0.459 e. The van der Waals surface area contributed by atoms with Gasteiger partial charge in [0.15, 0.2) is 5.83 Å². The zero-order chi connectivity index (χ0) is 18.9. The Balaban J connectivity index is 3.03. The number of nitrogens with one attached hydrogen (secondary N) is 2. The monoisotopic (exact) mass is 353 g/mol. The summed E-state index contributed by atoms with van der Waals surface area (Å²) >= 11 is 0. The first-order valence-corrected chi connectivity index (χ1v) is 6.93. The van der Waals surface area contributed by atoms with E-state index < -0.39 is 47.3 Å². The van der Waals surface area contributed by atoms with Gasteiger partial charge >= 0.3 is 12.3 Å². The molecule has 2 atom stereocenters. The minimum absolute atomic E-state index is 0.685. The van der Waals surface area contributed by atoms with Crippen LogP contribution in [0.2, 0.25) is 0 Å². The number of carbonyl (C=O) groups excluding carboxylic acids is 1. The number of rotatable bonds is 4. The maximum Gasteiger partial charge on any atom is 0.459 e. The topological polar surface area (TPSA) is 81.7 Å². The fraction of sp³-hybridized carbons (Fsp3) is 0.571. The lowest BCUT2D eigenvalue weighted by molar-refractivity contribution is -0.169. The van der Waals surface area contributed by atoms with Crippen molar-refractivity contribution >= 4 is 11.9 Å². The number of carboxylic acid groups (broad SMARTS) is 1.